The zero-order valence-electron chi connectivity index (χ0n) is 11.7. The monoisotopic (exact) mass is 279 g/mol. The highest BCUT2D eigenvalue weighted by Gasteiger charge is 2.01. The van der Waals surface area contributed by atoms with Crippen LogP contribution >= 0.6 is 0 Å². The summed E-state index contributed by atoms with van der Waals surface area (Å²) in [5.41, 5.74) is 2.54. The van der Waals surface area contributed by atoms with E-state index in [4.69, 9.17) is 5.26 Å². The van der Waals surface area contributed by atoms with Crippen LogP contribution in [0.4, 0.5) is 5.69 Å². The van der Waals surface area contributed by atoms with Crippen molar-refractivity contribution in [1.82, 2.24) is 5.32 Å². The molecule has 0 radical (unpaired) electrons. The first-order valence-electron chi connectivity index (χ1n) is 6.82. The minimum absolute atomic E-state index is 0.00258. The summed E-state index contributed by atoms with van der Waals surface area (Å²) in [6.45, 7) is 1.08. The van der Waals surface area contributed by atoms with Crippen molar-refractivity contribution in [2.45, 2.75) is 13.0 Å². The zero-order valence-corrected chi connectivity index (χ0v) is 11.7. The van der Waals surface area contributed by atoms with Crippen LogP contribution < -0.4 is 10.6 Å². The van der Waals surface area contributed by atoms with E-state index < -0.39 is 0 Å². The second-order valence-corrected chi connectivity index (χ2v) is 4.63. The van der Waals surface area contributed by atoms with Crippen LogP contribution in [0.15, 0.2) is 54.6 Å². The summed E-state index contributed by atoms with van der Waals surface area (Å²) in [7, 11) is 0. The third-order valence-corrected chi connectivity index (χ3v) is 3.01. The Balaban J connectivity index is 1.71. The van der Waals surface area contributed by atoms with Crippen molar-refractivity contribution in [3.05, 3.63) is 65.7 Å². The van der Waals surface area contributed by atoms with Gasteiger partial charge in [-0.1, -0.05) is 36.4 Å². The molecule has 2 rings (SSSR count). The van der Waals surface area contributed by atoms with Crippen molar-refractivity contribution < 1.29 is 4.79 Å². The molecule has 0 atom stereocenters. The Morgan fingerprint density at radius 2 is 1.90 bits per heavy atom. The first kappa shape index (κ1) is 14.6. The molecule has 0 bridgehead atoms. The van der Waals surface area contributed by atoms with E-state index in [0.717, 1.165) is 11.3 Å². The Morgan fingerprint density at radius 3 is 2.67 bits per heavy atom. The lowest BCUT2D eigenvalue weighted by atomic mass is 10.2. The maximum Gasteiger partial charge on any atom is 0.222 e. The van der Waals surface area contributed by atoms with E-state index in [0.29, 0.717) is 25.1 Å². The first-order chi connectivity index (χ1) is 10.3. The lowest BCUT2D eigenvalue weighted by Crippen LogP contribution is -2.24. The van der Waals surface area contributed by atoms with Gasteiger partial charge in [0.2, 0.25) is 5.91 Å². The molecule has 0 unspecified atom stereocenters. The second kappa shape index (κ2) is 7.71. The van der Waals surface area contributed by atoms with E-state index in [1.165, 1.54) is 0 Å². The molecule has 0 aliphatic carbocycles. The smallest absolute Gasteiger partial charge is 0.222 e. The van der Waals surface area contributed by atoms with Crippen LogP contribution in [0.3, 0.4) is 0 Å². The number of amides is 1. The Morgan fingerprint density at radius 1 is 1.10 bits per heavy atom. The van der Waals surface area contributed by atoms with Crippen LogP contribution in [-0.4, -0.2) is 12.5 Å². The molecular formula is C17H17N3O. The molecule has 0 fully saturated rings. The Bertz CT molecular complexity index is 632. The predicted octanol–water partition coefficient (Wildman–Crippen LogP) is 2.68. The topological polar surface area (TPSA) is 64.9 Å². The molecule has 2 aromatic rings. The molecule has 2 aromatic carbocycles. The molecule has 0 heterocycles. The van der Waals surface area contributed by atoms with Gasteiger partial charge in [-0.2, -0.15) is 5.26 Å². The minimum Gasteiger partial charge on any atom is -0.384 e. The number of nitriles is 1. The fourth-order valence-corrected chi connectivity index (χ4v) is 1.90. The highest BCUT2D eigenvalue weighted by atomic mass is 16.1. The van der Waals surface area contributed by atoms with Gasteiger partial charge in [0.1, 0.15) is 0 Å². The molecule has 4 nitrogen and oxygen atoms in total. The van der Waals surface area contributed by atoms with E-state index in [2.05, 4.69) is 16.7 Å². The number of anilines is 1. The zero-order chi connectivity index (χ0) is 14.9. The normalized spacial score (nSPS) is 9.67. The van der Waals surface area contributed by atoms with E-state index >= 15 is 0 Å². The molecule has 0 aliphatic rings. The highest BCUT2D eigenvalue weighted by molar-refractivity contribution is 5.76. The van der Waals surface area contributed by atoms with E-state index in [1.54, 1.807) is 12.1 Å². The van der Waals surface area contributed by atoms with E-state index in [1.807, 2.05) is 42.5 Å². The van der Waals surface area contributed by atoms with Gasteiger partial charge in [0.15, 0.2) is 0 Å². The summed E-state index contributed by atoms with van der Waals surface area (Å²) >= 11 is 0. The molecular weight excluding hydrogens is 262 g/mol. The van der Waals surface area contributed by atoms with Crippen LogP contribution in [-0.2, 0) is 11.3 Å². The SMILES string of the molecule is N#Cc1cccc(NCCC(=O)NCc2ccccc2)c1. The molecule has 1 amide bonds. The third-order valence-electron chi connectivity index (χ3n) is 3.01. The second-order valence-electron chi connectivity index (χ2n) is 4.63. The summed E-state index contributed by atoms with van der Waals surface area (Å²) in [4.78, 5) is 11.7. The van der Waals surface area contributed by atoms with Crippen molar-refractivity contribution in [2.24, 2.45) is 0 Å². The average Bonchev–Trinajstić information content (AvgIpc) is 2.54. The minimum atomic E-state index is 0.00258. The number of hydrogen-bond acceptors (Lipinski definition) is 3. The maximum absolute atomic E-state index is 11.7. The maximum atomic E-state index is 11.7. The molecule has 2 N–H and O–H groups in total. The number of hydrogen-bond donors (Lipinski definition) is 2. The van der Waals surface area contributed by atoms with Crippen molar-refractivity contribution >= 4 is 11.6 Å². The summed E-state index contributed by atoms with van der Waals surface area (Å²) in [6.07, 6.45) is 0.392. The van der Waals surface area contributed by atoms with Crippen molar-refractivity contribution in [1.29, 1.82) is 5.26 Å². The Labute approximate surface area is 124 Å². The average molecular weight is 279 g/mol. The van der Waals surface area contributed by atoms with Gasteiger partial charge < -0.3 is 10.6 Å². The number of nitrogens with one attached hydrogen (secondary N) is 2. The lowest BCUT2D eigenvalue weighted by Gasteiger charge is -2.08. The molecule has 0 saturated heterocycles. The summed E-state index contributed by atoms with van der Waals surface area (Å²) in [6, 6.07) is 19.1. The number of nitrogens with zero attached hydrogens (tertiary/aromatic N) is 1. The largest absolute Gasteiger partial charge is 0.384 e. The van der Waals surface area contributed by atoms with Crippen LogP contribution in [0.2, 0.25) is 0 Å². The van der Waals surface area contributed by atoms with E-state index in [-0.39, 0.29) is 5.91 Å². The third kappa shape index (κ3) is 5.00. The molecule has 0 spiro atoms. The van der Waals surface area contributed by atoms with Crippen molar-refractivity contribution in [3.63, 3.8) is 0 Å². The van der Waals surface area contributed by atoms with Crippen LogP contribution in [0, 0.1) is 11.3 Å². The van der Waals surface area contributed by atoms with Crippen LogP contribution in [0.25, 0.3) is 0 Å². The molecule has 0 aromatic heterocycles. The van der Waals surface area contributed by atoms with Gasteiger partial charge in [-0.25, -0.2) is 0 Å². The summed E-state index contributed by atoms with van der Waals surface area (Å²) in [5.74, 6) is 0.00258. The molecule has 21 heavy (non-hydrogen) atoms. The van der Waals surface area contributed by atoms with Gasteiger partial charge >= 0.3 is 0 Å². The summed E-state index contributed by atoms with van der Waals surface area (Å²) < 4.78 is 0. The van der Waals surface area contributed by atoms with E-state index in [9.17, 15) is 4.79 Å². The van der Waals surface area contributed by atoms with Crippen molar-refractivity contribution in [3.8, 4) is 6.07 Å². The lowest BCUT2D eigenvalue weighted by molar-refractivity contribution is -0.121. The standard InChI is InChI=1S/C17H17N3O/c18-12-15-7-4-8-16(11-15)19-10-9-17(21)20-13-14-5-2-1-3-6-14/h1-8,11,19H,9-10,13H2,(H,20,21). The first-order valence-corrected chi connectivity index (χ1v) is 6.82. The number of carbonyl (C=O) groups is 1. The molecule has 106 valence electrons. The Kier molecular flexibility index (Phi) is 5.36. The van der Waals surface area contributed by atoms with Crippen LogP contribution in [0.1, 0.15) is 17.5 Å². The fourth-order valence-electron chi connectivity index (χ4n) is 1.90. The summed E-state index contributed by atoms with van der Waals surface area (Å²) in [5, 5.41) is 14.8. The van der Waals surface area contributed by atoms with Gasteiger partial charge in [0.25, 0.3) is 0 Å². The molecule has 0 saturated carbocycles. The van der Waals surface area contributed by atoms with Gasteiger partial charge in [-0.05, 0) is 23.8 Å². The number of rotatable bonds is 6. The highest BCUT2D eigenvalue weighted by Crippen LogP contribution is 2.09. The van der Waals surface area contributed by atoms with Gasteiger partial charge in [0.05, 0.1) is 11.6 Å². The molecule has 0 aliphatic heterocycles. The predicted molar refractivity (Wildman–Crippen MR) is 82.6 cm³/mol. The number of benzene rings is 2. The van der Waals surface area contributed by atoms with Gasteiger partial charge in [-0.3, -0.25) is 4.79 Å². The Hall–Kier alpha value is -2.80. The quantitative estimate of drug-likeness (QED) is 0.854. The van der Waals surface area contributed by atoms with Gasteiger partial charge in [0, 0.05) is 25.2 Å². The number of carbonyl (C=O) groups excluding carboxylic acids is 1. The van der Waals surface area contributed by atoms with Crippen molar-refractivity contribution in [2.75, 3.05) is 11.9 Å². The molecule has 4 heteroatoms. The van der Waals surface area contributed by atoms with Crippen LogP contribution in [0.5, 0.6) is 0 Å². The fraction of sp³-hybridized carbons (Fsp3) is 0.176. The van der Waals surface area contributed by atoms with Gasteiger partial charge in [-0.15, -0.1) is 0 Å².